The maximum absolute atomic E-state index is 5.96. The summed E-state index contributed by atoms with van der Waals surface area (Å²) in [6, 6.07) is 28.6. The second kappa shape index (κ2) is 8.28. The number of ether oxygens (including phenoxy) is 1. The largest absolute Gasteiger partial charge is 0.374 e. The lowest BCUT2D eigenvalue weighted by atomic mass is 9.84. The van der Waals surface area contributed by atoms with Crippen molar-refractivity contribution in [1.29, 1.82) is 0 Å². The molecular formula is C28H33NO. The fourth-order valence-corrected chi connectivity index (χ4v) is 4.06. The van der Waals surface area contributed by atoms with Gasteiger partial charge in [-0.15, -0.1) is 0 Å². The third-order valence-electron chi connectivity index (χ3n) is 6.20. The van der Waals surface area contributed by atoms with Crippen molar-refractivity contribution in [3.8, 4) is 0 Å². The first-order valence-electron chi connectivity index (χ1n) is 10.9. The van der Waals surface area contributed by atoms with E-state index in [9.17, 15) is 0 Å². The van der Waals surface area contributed by atoms with Crippen LogP contribution in [0.15, 0.2) is 78.9 Å². The van der Waals surface area contributed by atoms with Gasteiger partial charge in [0.25, 0.3) is 0 Å². The highest BCUT2D eigenvalue weighted by atomic mass is 16.5. The van der Waals surface area contributed by atoms with Crippen LogP contribution in [0.25, 0.3) is 0 Å². The van der Waals surface area contributed by atoms with Crippen LogP contribution < -0.4 is 4.90 Å². The van der Waals surface area contributed by atoms with Gasteiger partial charge in [0.15, 0.2) is 0 Å². The number of benzene rings is 3. The van der Waals surface area contributed by atoms with Gasteiger partial charge in [0.2, 0.25) is 0 Å². The number of nitrogens with zero attached hydrogens (tertiary/aromatic N) is 1. The minimum atomic E-state index is -0.0961. The molecule has 0 saturated heterocycles. The van der Waals surface area contributed by atoms with Crippen LogP contribution in [0.5, 0.6) is 0 Å². The minimum absolute atomic E-state index is 0.0831. The SMILES string of the molecule is COC1(c2cc(N(Cc3ccccc3)Cc3ccccc3)cc(C(C)(C)C)c2)CC1. The van der Waals surface area contributed by atoms with Crippen LogP contribution >= 0.6 is 0 Å². The second-order valence-corrected chi connectivity index (χ2v) is 9.54. The zero-order valence-electron chi connectivity index (χ0n) is 18.7. The summed E-state index contributed by atoms with van der Waals surface area (Å²) in [5.41, 5.74) is 6.59. The van der Waals surface area contributed by atoms with Crippen LogP contribution in [-0.4, -0.2) is 7.11 Å². The molecule has 0 radical (unpaired) electrons. The Hall–Kier alpha value is -2.58. The van der Waals surface area contributed by atoms with Gasteiger partial charge in [-0.3, -0.25) is 0 Å². The number of anilines is 1. The van der Waals surface area contributed by atoms with E-state index in [-0.39, 0.29) is 11.0 Å². The number of methoxy groups -OCH3 is 1. The van der Waals surface area contributed by atoms with E-state index in [2.05, 4.69) is 105 Å². The molecule has 3 aromatic rings. The Morgan fingerprint density at radius 1 is 0.800 bits per heavy atom. The molecule has 30 heavy (non-hydrogen) atoms. The molecule has 1 aliphatic carbocycles. The predicted octanol–water partition coefficient (Wildman–Crippen LogP) is 6.83. The van der Waals surface area contributed by atoms with Crippen molar-refractivity contribution in [2.24, 2.45) is 0 Å². The van der Waals surface area contributed by atoms with E-state index in [0.717, 1.165) is 25.9 Å². The van der Waals surface area contributed by atoms with Gasteiger partial charge in [0, 0.05) is 25.9 Å². The highest BCUT2D eigenvalue weighted by Crippen LogP contribution is 2.50. The van der Waals surface area contributed by atoms with Gasteiger partial charge in [-0.25, -0.2) is 0 Å². The van der Waals surface area contributed by atoms with Gasteiger partial charge in [0.05, 0.1) is 5.60 Å². The molecule has 3 aromatic carbocycles. The Morgan fingerprint density at radius 3 is 1.77 bits per heavy atom. The van der Waals surface area contributed by atoms with Crippen molar-refractivity contribution >= 4 is 5.69 Å². The fraction of sp³-hybridized carbons (Fsp3) is 0.357. The average Bonchev–Trinajstić information content (AvgIpc) is 3.55. The van der Waals surface area contributed by atoms with Crippen LogP contribution in [0, 0.1) is 0 Å². The minimum Gasteiger partial charge on any atom is -0.374 e. The summed E-state index contributed by atoms with van der Waals surface area (Å²) in [6.07, 6.45) is 2.21. The quantitative estimate of drug-likeness (QED) is 0.432. The van der Waals surface area contributed by atoms with Crippen molar-refractivity contribution in [3.63, 3.8) is 0 Å². The standard InChI is InChI=1S/C28H33NO/c1-27(2,3)24-17-25(28(30-4)15-16-28)19-26(18-24)29(20-22-11-7-5-8-12-22)21-23-13-9-6-10-14-23/h5-14,17-19H,15-16,20-21H2,1-4H3. The second-order valence-electron chi connectivity index (χ2n) is 9.54. The summed E-state index contributed by atoms with van der Waals surface area (Å²) in [7, 11) is 1.85. The molecular weight excluding hydrogens is 366 g/mol. The van der Waals surface area contributed by atoms with Gasteiger partial charge < -0.3 is 9.64 Å². The van der Waals surface area contributed by atoms with E-state index in [0.29, 0.717) is 0 Å². The molecule has 0 N–H and O–H groups in total. The first-order valence-corrected chi connectivity index (χ1v) is 10.9. The van der Waals surface area contributed by atoms with E-state index >= 15 is 0 Å². The summed E-state index contributed by atoms with van der Waals surface area (Å²) in [5, 5.41) is 0. The Kier molecular flexibility index (Phi) is 5.71. The Labute approximate surface area is 181 Å². The van der Waals surface area contributed by atoms with Gasteiger partial charge in [-0.1, -0.05) is 87.5 Å². The van der Waals surface area contributed by atoms with Gasteiger partial charge in [0.1, 0.15) is 0 Å². The van der Waals surface area contributed by atoms with Crippen molar-refractivity contribution < 1.29 is 4.74 Å². The molecule has 2 heteroatoms. The van der Waals surface area contributed by atoms with E-state index in [1.165, 1.54) is 27.9 Å². The van der Waals surface area contributed by atoms with Crippen LogP contribution in [0.2, 0.25) is 0 Å². The lowest BCUT2D eigenvalue weighted by Crippen LogP contribution is -2.24. The van der Waals surface area contributed by atoms with E-state index in [4.69, 9.17) is 4.74 Å². The highest BCUT2D eigenvalue weighted by Gasteiger charge is 2.45. The van der Waals surface area contributed by atoms with E-state index in [1.54, 1.807) is 0 Å². The molecule has 0 spiro atoms. The van der Waals surface area contributed by atoms with Gasteiger partial charge in [-0.05, 0) is 52.6 Å². The maximum atomic E-state index is 5.96. The highest BCUT2D eigenvalue weighted by molar-refractivity contribution is 5.55. The lowest BCUT2D eigenvalue weighted by Gasteiger charge is -2.30. The fourth-order valence-electron chi connectivity index (χ4n) is 4.06. The van der Waals surface area contributed by atoms with Gasteiger partial charge >= 0.3 is 0 Å². The normalized spacial score (nSPS) is 15.1. The molecule has 0 heterocycles. The molecule has 0 aliphatic heterocycles. The van der Waals surface area contributed by atoms with Crippen LogP contribution in [-0.2, 0) is 28.8 Å². The molecule has 4 rings (SSSR count). The molecule has 1 fully saturated rings. The predicted molar refractivity (Wildman–Crippen MR) is 126 cm³/mol. The van der Waals surface area contributed by atoms with E-state index < -0.39 is 0 Å². The molecule has 0 aromatic heterocycles. The Morgan fingerprint density at radius 2 is 1.33 bits per heavy atom. The number of rotatable bonds is 7. The molecule has 1 saturated carbocycles. The molecule has 0 atom stereocenters. The zero-order chi connectivity index (χ0) is 21.2. The molecule has 1 aliphatic rings. The summed E-state index contributed by atoms with van der Waals surface area (Å²) < 4.78 is 5.96. The molecule has 156 valence electrons. The van der Waals surface area contributed by atoms with Crippen LogP contribution in [0.4, 0.5) is 5.69 Å². The van der Waals surface area contributed by atoms with Crippen molar-refractivity contribution in [2.45, 2.75) is 57.7 Å². The summed E-state index contributed by atoms with van der Waals surface area (Å²) in [6.45, 7) is 8.63. The third kappa shape index (κ3) is 4.60. The smallest absolute Gasteiger partial charge is 0.0930 e. The maximum Gasteiger partial charge on any atom is 0.0930 e. The first-order chi connectivity index (χ1) is 14.4. The Bertz CT molecular complexity index is 927. The average molecular weight is 400 g/mol. The third-order valence-corrected chi connectivity index (χ3v) is 6.20. The van der Waals surface area contributed by atoms with Gasteiger partial charge in [-0.2, -0.15) is 0 Å². The molecule has 0 amide bonds. The molecule has 2 nitrogen and oxygen atoms in total. The monoisotopic (exact) mass is 399 g/mol. The van der Waals surface area contributed by atoms with Crippen molar-refractivity contribution in [3.05, 3.63) is 101 Å². The summed E-state index contributed by atoms with van der Waals surface area (Å²) in [4.78, 5) is 2.50. The lowest BCUT2D eigenvalue weighted by molar-refractivity contribution is 0.0788. The molecule has 0 unspecified atom stereocenters. The number of hydrogen-bond acceptors (Lipinski definition) is 2. The molecule has 0 bridgehead atoms. The van der Waals surface area contributed by atoms with Crippen molar-refractivity contribution in [1.82, 2.24) is 0 Å². The first kappa shape index (κ1) is 20.7. The van der Waals surface area contributed by atoms with E-state index in [1.807, 2.05) is 7.11 Å². The van der Waals surface area contributed by atoms with Crippen LogP contribution in [0.3, 0.4) is 0 Å². The van der Waals surface area contributed by atoms with Crippen molar-refractivity contribution in [2.75, 3.05) is 12.0 Å². The van der Waals surface area contributed by atoms with Crippen LogP contribution in [0.1, 0.15) is 55.9 Å². The zero-order valence-corrected chi connectivity index (χ0v) is 18.7. The topological polar surface area (TPSA) is 12.5 Å². The number of hydrogen-bond donors (Lipinski definition) is 0. The Balaban J connectivity index is 1.77. The summed E-state index contributed by atoms with van der Waals surface area (Å²) in [5.74, 6) is 0. The summed E-state index contributed by atoms with van der Waals surface area (Å²) >= 11 is 0.